The lowest BCUT2D eigenvalue weighted by atomic mass is 10.1. The van der Waals surface area contributed by atoms with Crippen molar-refractivity contribution in [2.75, 3.05) is 32.1 Å². The van der Waals surface area contributed by atoms with Gasteiger partial charge < -0.3 is 14.9 Å². The van der Waals surface area contributed by atoms with Crippen LogP contribution in [0.3, 0.4) is 0 Å². The third kappa shape index (κ3) is 4.21. The number of amides is 1. The van der Waals surface area contributed by atoms with E-state index in [4.69, 9.17) is 5.11 Å². The molecular weight excluding hydrogens is 270 g/mol. The van der Waals surface area contributed by atoms with Gasteiger partial charge in [0.25, 0.3) is 0 Å². The van der Waals surface area contributed by atoms with E-state index in [0.717, 1.165) is 6.42 Å². The largest absolute Gasteiger partial charge is 0.478 e. The molecule has 0 spiro atoms. The van der Waals surface area contributed by atoms with Crippen molar-refractivity contribution in [1.29, 1.82) is 5.26 Å². The predicted octanol–water partition coefficient (Wildman–Crippen LogP) is 1.56. The average molecular weight is 289 g/mol. The fourth-order valence-electron chi connectivity index (χ4n) is 1.89. The molecule has 0 aliphatic carbocycles. The number of hydrogen-bond acceptors (Lipinski definition) is 4. The maximum Gasteiger partial charge on any atom is 0.335 e. The molecule has 6 heteroatoms. The van der Waals surface area contributed by atoms with Gasteiger partial charge in [-0.1, -0.05) is 6.92 Å². The molecule has 1 N–H and O–H groups in total. The summed E-state index contributed by atoms with van der Waals surface area (Å²) in [6.07, 6.45) is 0.812. The molecule has 0 bridgehead atoms. The van der Waals surface area contributed by atoms with E-state index in [1.807, 2.05) is 13.0 Å². The van der Waals surface area contributed by atoms with Crippen LogP contribution in [0, 0.1) is 11.3 Å². The number of benzene rings is 1. The quantitative estimate of drug-likeness (QED) is 0.859. The number of nitriles is 1. The van der Waals surface area contributed by atoms with Crippen LogP contribution in [0.1, 0.15) is 29.3 Å². The van der Waals surface area contributed by atoms with Crippen LogP contribution in [0.25, 0.3) is 0 Å². The van der Waals surface area contributed by atoms with Gasteiger partial charge in [-0.05, 0) is 24.6 Å². The normalized spacial score (nSPS) is 9.81. The molecule has 0 saturated carbocycles. The molecule has 0 saturated heterocycles. The lowest BCUT2D eigenvalue weighted by Crippen LogP contribution is -2.37. The molecule has 21 heavy (non-hydrogen) atoms. The molecule has 112 valence electrons. The predicted molar refractivity (Wildman–Crippen MR) is 79.3 cm³/mol. The van der Waals surface area contributed by atoms with Crippen molar-refractivity contribution in [1.82, 2.24) is 4.90 Å². The van der Waals surface area contributed by atoms with Crippen LogP contribution >= 0.6 is 0 Å². The lowest BCUT2D eigenvalue weighted by molar-refractivity contribution is -0.127. The molecule has 0 fully saturated rings. The van der Waals surface area contributed by atoms with Crippen LogP contribution in [0.5, 0.6) is 0 Å². The van der Waals surface area contributed by atoms with Crippen LogP contribution in [-0.4, -0.2) is 49.1 Å². The Hall–Kier alpha value is -2.55. The van der Waals surface area contributed by atoms with E-state index >= 15 is 0 Å². The minimum Gasteiger partial charge on any atom is -0.478 e. The summed E-state index contributed by atoms with van der Waals surface area (Å²) in [6, 6.07) is 6.37. The Labute approximate surface area is 124 Å². The molecular formula is C15H19N3O3. The van der Waals surface area contributed by atoms with Crippen LogP contribution in [0.15, 0.2) is 18.2 Å². The zero-order valence-electron chi connectivity index (χ0n) is 12.5. The van der Waals surface area contributed by atoms with Gasteiger partial charge in [-0.3, -0.25) is 4.79 Å². The van der Waals surface area contributed by atoms with Crippen molar-refractivity contribution in [2.24, 2.45) is 0 Å². The van der Waals surface area contributed by atoms with E-state index in [0.29, 0.717) is 12.2 Å². The summed E-state index contributed by atoms with van der Waals surface area (Å²) in [6.45, 7) is 2.74. The van der Waals surface area contributed by atoms with E-state index in [9.17, 15) is 14.9 Å². The third-order valence-corrected chi connectivity index (χ3v) is 3.02. The highest BCUT2D eigenvalue weighted by molar-refractivity contribution is 5.89. The fourth-order valence-corrected chi connectivity index (χ4v) is 1.89. The number of anilines is 1. The van der Waals surface area contributed by atoms with Crippen LogP contribution in [0.2, 0.25) is 0 Å². The van der Waals surface area contributed by atoms with Gasteiger partial charge in [0.05, 0.1) is 23.4 Å². The first-order chi connectivity index (χ1) is 9.90. The van der Waals surface area contributed by atoms with Gasteiger partial charge in [-0.25, -0.2) is 4.79 Å². The first kappa shape index (κ1) is 16.5. The van der Waals surface area contributed by atoms with Gasteiger partial charge in [0.2, 0.25) is 5.91 Å². The van der Waals surface area contributed by atoms with Crippen LogP contribution in [-0.2, 0) is 4.79 Å². The van der Waals surface area contributed by atoms with Crippen molar-refractivity contribution in [3.05, 3.63) is 29.3 Å². The first-order valence-electron chi connectivity index (χ1n) is 6.63. The number of nitrogens with zero attached hydrogens (tertiary/aromatic N) is 3. The molecule has 0 heterocycles. The van der Waals surface area contributed by atoms with Crippen molar-refractivity contribution >= 4 is 17.6 Å². The highest BCUT2D eigenvalue weighted by Gasteiger charge is 2.17. The van der Waals surface area contributed by atoms with Gasteiger partial charge in [0.1, 0.15) is 6.07 Å². The summed E-state index contributed by atoms with van der Waals surface area (Å²) >= 11 is 0. The number of carboxylic acids is 1. The molecule has 6 nitrogen and oxygen atoms in total. The Morgan fingerprint density at radius 2 is 2.00 bits per heavy atom. The highest BCUT2D eigenvalue weighted by Crippen LogP contribution is 2.22. The Kier molecular flexibility index (Phi) is 5.73. The minimum absolute atomic E-state index is 0.0608. The Morgan fingerprint density at radius 3 is 2.48 bits per heavy atom. The summed E-state index contributed by atoms with van der Waals surface area (Å²) in [5.74, 6) is -1.15. The van der Waals surface area contributed by atoms with Gasteiger partial charge in [-0.2, -0.15) is 5.26 Å². The van der Waals surface area contributed by atoms with Crippen LogP contribution in [0.4, 0.5) is 5.69 Å². The summed E-state index contributed by atoms with van der Waals surface area (Å²) in [7, 11) is 3.34. The number of hydrogen-bond donors (Lipinski definition) is 1. The highest BCUT2D eigenvalue weighted by atomic mass is 16.4. The average Bonchev–Trinajstić information content (AvgIpc) is 2.45. The summed E-state index contributed by atoms with van der Waals surface area (Å²) in [4.78, 5) is 26.1. The van der Waals surface area contributed by atoms with E-state index in [-0.39, 0.29) is 23.6 Å². The first-order valence-corrected chi connectivity index (χ1v) is 6.63. The number of carbonyl (C=O) groups is 2. The molecule has 1 aromatic rings. The van der Waals surface area contributed by atoms with Crippen molar-refractivity contribution < 1.29 is 14.7 Å². The van der Waals surface area contributed by atoms with Gasteiger partial charge in [0.15, 0.2) is 0 Å². The third-order valence-electron chi connectivity index (χ3n) is 3.02. The maximum absolute atomic E-state index is 11.9. The second-order valence-electron chi connectivity index (χ2n) is 4.86. The maximum atomic E-state index is 11.9. The van der Waals surface area contributed by atoms with E-state index in [1.165, 1.54) is 17.0 Å². The topological polar surface area (TPSA) is 84.6 Å². The number of rotatable bonds is 6. The molecule has 0 unspecified atom stereocenters. The number of aromatic carboxylic acids is 1. The minimum atomic E-state index is -1.08. The molecule has 0 aromatic heterocycles. The van der Waals surface area contributed by atoms with Gasteiger partial charge in [-0.15, -0.1) is 0 Å². The second-order valence-corrected chi connectivity index (χ2v) is 4.86. The summed E-state index contributed by atoms with van der Waals surface area (Å²) in [5.41, 5.74) is 0.903. The standard InChI is InChI=1S/C15H19N3O3/c1-4-7-18(10-14(19)17(2)3)13-6-5-11(15(20)21)8-12(13)9-16/h5-6,8H,4,7,10H2,1-3H3,(H,20,21). The van der Waals surface area contributed by atoms with E-state index in [2.05, 4.69) is 0 Å². The van der Waals surface area contributed by atoms with E-state index in [1.54, 1.807) is 25.1 Å². The summed E-state index contributed by atoms with van der Waals surface area (Å²) < 4.78 is 0. The number of likely N-dealkylation sites (N-methyl/N-ethyl adjacent to an activating group) is 1. The lowest BCUT2D eigenvalue weighted by Gasteiger charge is -2.26. The summed E-state index contributed by atoms with van der Waals surface area (Å²) in [5, 5.41) is 18.2. The number of carboxylic acid groups (broad SMARTS) is 1. The fraction of sp³-hybridized carbons (Fsp3) is 0.400. The van der Waals surface area contributed by atoms with Gasteiger partial charge >= 0.3 is 5.97 Å². The molecule has 0 atom stereocenters. The Bertz CT molecular complexity index is 576. The number of carbonyl (C=O) groups excluding carboxylic acids is 1. The SMILES string of the molecule is CCCN(CC(=O)N(C)C)c1ccc(C(=O)O)cc1C#N. The molecule has 1 rings (SSSR count). The molecule has 1 aromatic carbocycles. The second kappa shape index (κ2) is 7.29. The van der Waals surface area contributed by atoms with Crippen molar-refractivity contribution in [3.63, 3.8) is 0 Å². The Balaban J connectivity index is 3.16. The zero-order valence-corrected chi connectivity index (χ0v) is 12.5. The van der Waals surface area contributed by atoms with E-state index < -0.39 is 5.97 Å². The molecule has 0 radical (unpaired) electrons. The Morgan fingerprint density at radius 1 is 1.33 bits per heavy atom. The molecule has 0 aliphatic rings. The van der Waals surface area contributed by atoms with Gasteiger partial charge in [0, 0.05) is 20.6 Å². The molecule has 0 aliphatic heterocycles. The molecule has 1 amide bonds. The zero-order chi connectivity index (χ0) is 16.0. The van der Waals surface area contributed by atoms with Crippen LogP contribution < -0.4 is 4.90 Å². The van der Waals surface area contributed by atoms with Crippen molar-refractivity contribution in [3.8, 4) is 6.07 Å². The smallest absolute Gasteiger partial charge is 0.335 e. The monoisotopic (exact) mass is 289 g/mol. The van der Waals surface area contributed by atoms with Crippen molar-refractivity contribution in [2.45, 2.75) is 13.3 Å².